The number of halogens is 1. The van der Waals surface area contributed by atoms with E-state index in [1.165, 1.54) is 19.1 Å². The Morgan fingerprint density at radius 1 is 1.54 bits per heavy atom. The molecule has 0 spiro atoms. The number of carboxylic acid groups (broad SMARTS) is 1. The van der Waals surface area contributed by atoms with Crippen LogP contribution in [0.1, 0.15) is 20.3 Å². The molecule has 128 valence electrons. The van der Waals surface area contributed by atoms with Gasteiger partial charge in [0.2, 0.25) is 0 Å². The topological polar surface area (TPSA) is 122 Å². The van der Waals surface area contributed by atoms with Crippen LogP contribution in [0.3, 0.4) is 0 Å². The van der Waals surface area contributed by atoms with Gasteiger partial charge in [-0.25, -0.2) is 14.6 Å². The second-order valence-corrected chi connectivity index (χ2v) is 5.63. The van der Waals surface area contributed by atoms with Crippen molar-refractivity contribution >= 4 is 40.6 Å². The number of nitro groups is 1. The van der Waals surface area contributed by atoms with Gasteiger partial charge in [-0.3, -0.25) is 10.1 Å². The van der Waals surface area contributed by atoms with Crippen molar-refractivity contribution in [2.75, 3.05) is 11.6 Å². The number of benzene rings is 1. The molecule has 2 rings (SSSR count). The standard InChI is InChI=1S/C14H14ClN3O6/c1-3-24-12(19)10-7-14(2,13(20)21)17(16-10)8-4-5-9(15)11(6-8)18(22)23/h4-6H,3,7H2,1-2H3,(H,20,21)/t14-/m1/s1. The van der Waals surface area contributed by atoms with Crippen LogP contribution in [0.5, 0.6) is 0 Å². The van der Waals surface area contributed by atoms with Crippen molar-refractivity contribution in [3.8, 4) is 0 Å². The van der Waals surface area contributed by atoms with Crippen LogP contribution in [0.4, 0.5) is 11.4 Å². The van der Waals surface area contributed by atoms with Crippen molar-refractivity contribution in [3.63, 3.8) is 0 Å². The summed E-state index contributed by atoms with van der Waals surface area (Å²) in [4.78, 5) is 33.9. The Morgan fingerprint density at radius 2 is 2.21 bits per heavy atom. The number of hydrazone groups is 1. The Morgan fingerprint density at radius 3 is 2.75 bits per heavy atom. The van der Waals surface area contributed by atoms with Gasteiger partial charge in [0.15, 0.2) is 5.54 Å². The van der Waals surface area contributed by atoms with Crippen LogP contribution in [0.15, 0.2) is 23.3 Å². The van der Waals surface area contributed by atoms with Crippen molar-refractivity contribution in [2.45, 2.75) is 25.8 Å². The van der Waals surface area contributed by atoms with E-state index in [4.69, 9.17) is 16.3 Å². The number of rotatable bonds is 5. The summed E-state index contributed by atoms with van der Waals surface area (Å²) in [5.41, 5.74) is -1.90. The third-order valence-corrected chi connectivity index (χ3v) is 3.86. The molecule has 1 N–H and O–H groups in total. The first-order chi connectivity index (χ1) is 11.2. The maximum Gasteiger partial charge on any atom is 0.354 e. The van der Waals surface area contributed by atoms with E-state index in [1.807, 2.05) is 0 Å². The number of nitrogens with zero attached hydrogens (tertiary/aromatic N) is 3. The molecule has 1 heterocycles. The predicted molar refractivity (Wildman–Crippen MR) is 85.3 cm³/mol. The van der Waals surface area contributed by atoms with Crippen LogP contribution in [-0.2, 0) is 14.3 Å². The predicted octanol–water partition coefficient (Wildman–Crippen LogP) is 2.22. The third kappa shape index (κ3) is 3.02. The van der Waals surface area contributed by atoms with Crippen molar-refractivity contribution in [3.05, 3.63) is 33.3 Å². The van der Waals surface area contributed by atoms with Gasteiger partial charge in [0, 0.05) is 12.5 Å². The minimum Gasteiger partial charge on any atom is -0.479 e. The summed E-state index contributed by atoms with van der Waals surface area (Å²) in [6, 6.07) is 3.78. The molecule has 0 aliphatic carbocycles. The summed E-state index contributed by atoms with van der Waals surface area (Å²) < 4.78 is 4.85. The minimum absolute atomic E-state index is 0.0700. The van der Waals surface area contributed by atoms with Crippen molar-refractivity contribution in [2.24, 2.45) is 5.10 Å². The lowest BCUT2D eigenvalue weighted by atomic mass is 9.95. The lowest BCUT2D eigenvalue weighted by molar-refractivity contribution is -0.384. The average molecular weight is 356 g/mol. The summed E-state index contributed by atoms with van der Waals surface area (Å²) in [5.74, 6) is -1.96. The number of hydrogen-bond acceptors (Lipinski definition) is 7. The van der Waals surface area contributed by atoms with Crippen LogP contribution in [-0.4, -0.2) is 39.8 Å². The van der Waals surface area contributed by atoms with Crippen LogP contribution in [0.2, 0.25) is 5.02 Å². The zero-order valence-corrected chi connectivity index (χ0v) is 13.6. The van der Waals surface area contributed by atoms with E-state index >= 15 is 0 Å². The molecule has 10 heteroatoms. The number of carboxylic acids is 1. The van der Waals surface area contributed by atoms with Gasteiger partial charge in [0.25, 0.3) is 5.69 Å². The van der Waals surface area contributed by atoms with E-state index in [0.717, 1.165) is 11.1 Å². The zero-order chi connectivity index (χ0) is 18.1. The molecule has 0 amide bonds. The average Bonchev–Trinajstić information content (AvgIpc) is 2.87. The number of anilines is 1. The lowest BCUT2D eigenvalue weighted by Crippen LogP contribution is -2.47. The van der Waals surface area contributed by atoms with Gasteiger partial charge in [-0.2, -0.15) is 5.10 Å². The monoisotopic (exact) mass is 355 g/mol. The Kier molecular flexibility index (Phi) is 4.74. The minimum atomic E-state index is -1.58. The summed E-state index contributed by atoms with van der Waals surface area (Å²) >= 11 is 5.77. The first kappa shape index (κ1) is 17.7. The van der Waals surface area contributed by atoms with Gasteiger partial charge in [-0.1, -0.05) is 11.6 Å². The molecule has 0 unspecified atom stereocenters. The van der Waals surface area contributed by atoms with Gasteiger partial charge in [0.1, 0.15) is 10.7 Å². The molecule has 0 saturated carbocycles. The molecule has 24 heavy (non-hydrogen) atoms. The molecule has 1 aliphatic rings. The second kappa shape index (κ2) is 6.44. The Hall–Kier alpha value is -2.68. The molecule has 0 radical (unpaired) electrons. The smallest absolute Gasteiger partial charge is 0.354 e. The van der Waals surface area contributed by atoms with Crippen LogP contribution in [0.25, 0.3) is 0 Å². The number of esters is 1. The Labute approximate surface area is 141 Å². The Balaban J connectivity index is 2.51. The number of carbonyl (C=O) groups excluding carboxylic acids is 1. The maximum atomic E-state index is 11.9. The highest BCUT2D eigenvalue weighted by molar-refractivity contribution is 6.38. The Bertz CT molecular complexity index is 750. The highest BCUT2D eigenvalue weighted by Gasteiger charge is 2.48. The van der Waals surface area contributed by atoms with E-state index in [-0.39, 0.29) is 35.1 Å². The highest BCUT2D eigenvalue weighted by atomic mass is 35.5. The van der Waals surface area contributed by atoms with Crippen molar-refractivity contribution in [1.82, 2.24) is 0 Å². The molecule has 0 saturated heterocycles. The largest absolute Gasteiger partial charge is 0.479 e. The van der Waals surface area contributed by atoms with Crippen LogP contribution in [0, 0.1) is 10.1 Å². The molecule has 0 bridgehead atoms. The summed E-state index contributed by atoms with van der Waals surface area (Å²) in [7, 11) is 0. The van der Waals surface area contributed by atoms with Crippen molar-refractivity contribution in [1.29, 1.82) is 0 Å². The molecule has 0 aromatic heterocycles. The van der Waals surface area contributed by atoms with Gasteiger partial charge >= 0.3 is 11.9 Å². The van der Waals surface area contributed by atoms with Crippen LogP contribution >= 0.6 is 11.6 Å². The highest BCUT2D eigenvalue weighted by Crippen LogP contribution is 2.37. The fourth-order valence-electron chi connectivity index (χ4n) is 2.28. The fraction of sp³-hybridized carbons (Fsp3) is 0.357. The second-order valence-electron chi connectivity index (χ2n) is 5.23. The number of aliphatic carboxylic acids is 1. The normalized spacial score (nSPS) is 19.8. The van der Waals surface area contributed by atoms with Gasteiger partial charge in [-0.15, -0.1) is 0 Å². The fourth-order valence-corrected chi connectivity index (χ4v) is 2.46. The molecule has 1 aliphatic heterocycles. The van der Waals surface area contributed by atoms with Gasteiger partial charge < -0.3 is 9.84 Å². The van der Waals surface area contributed by atoms with Gasteiger partial charge in [0.05, 0.1) is 17.2 Å². The quantitative estimate of drug-likeness (QED) is 0.488. The first-order valence-corrected chi connectivity index (χ1v) is 7.30. The van der Waals surface area contributed by atoms with E-state index in [0.29, 0.717) is 0 Å². The number of carbonyl (C=O) groups is 2. The summed E-state index contributed by atoms with van der Waals surface area (Å²) in [6.07, 6.45) is -0.197. The van der Waals surface area contributed by atoms with E-state index in [9.17, 15) is 24.8 Å². The van der Waals surface area contributed by atoms with Gasteiger partial charge in [-0.05, 0) is 26.0 Å². The number of hydrogen-bond donors (Lipinski definition) is 1. The van der Waals surface area contributed by atoms with E-state index < -0.39 is 22.4 Å². The SMILES string of the molecule is CCOC(=O)C1=NN(c2ccc(Cl)c([N+](=O)[O-])c2)[C@@](C)(C(=O)O)C1. The molecule has 1 aromatic rings. The lowest BCUT2D eigenvalue weighted by Gasteiger charge is -2.29. The zero-order valence-electron chi connectivity index (χ0n) is 12.9. The van der Waals surface area contributed by atoms with Crippen molar-refractivity contribution < 1.29 is 24.4 Å². The number of ether oxygens (including phenoxy) is 1. The first-order valence-electron chi connectivity index (χ1n) is 6.93. The summed E-state index contributed by atoms with van der Waals surface area (Å²) in [5, 5.41) is 25.5. The molecule has 1 aromatic carbocycles. The molecule has 1 atom stereocenters. The molecular formula is C14H14ClN3O6. The summed E-state index contributed by atoms with van der Waals surface area (Å²) in [6.45, 7) is 3.10. The van der Waals surface area contributed by atoms with E-state index in [1.54, 1.807) is 6.92 Å². The van der Waals surface area contributed by atoms with E-state index in [2.05, 4.69) is 5.10 Å². The molecule has 9 nitrogen and oxygen atoms in total. The van der Waals surface area contributed by atoms with Crippen LogP contribution < -0.4 is 5.01 Å². The molecular weight excluding hydrogens is 342 g/mol. The maximum absolute atomic E-state index is 11.9. The number of nitro benzene ring substituents is 1. The molecule has 0 fully saturated rings. The third-order valence-electron chi connectivity index (χ3n) is 3.54.